The van der Waals surface area contributed by atoms with E-state index >= 15 is 0 Å². The largest absolute Gasteiger partial charge is 0.508 e. The van der Waals surface area contributed by atoms with Gasteiger partial charge in [0.2, 0.25) is 0 Å². The number of rotatable bonds is 6. The van der Waals surface area contributed by atoms with Crippen molar-refractivity contribution >= 4 is 17.5 Å². The van der Waals surface area contributed by atoms with Crippen molar-refractivity contribution in [2.24, 2.45) is 0 Å². The summed E-state index contributed by atoms with van der Waals surface area (Å²) in [4.78, 5) is 13.9. The van der Waals surface area contributed by atoms with Crippen LogP contribution in [-0.2, 0) is 0 Å². The molecule has 1 N–H and O–H groups in total. The number of aromatic hydroxyl groups is 1. The summed E-state index contributed by atoms with van der Waals surface area (Å²) >= 11 is 5.70. The highest BCUT2D eigenvalue weighted by molar-refractivity contribution is 6.18. The maximum Gasteiger partial charge on any atom is 0.253 e. The van der Waals surface area contributed by atoms with Crippen molar-refractivity contribution in [1.82, 2.24) is 4.90 Å². The molecule has 0 spiro atoms. The van der Waals surface area contributed by atoms with Crippen molar-refractivity contribution in [3.05, 3.63) is 29.8 Å². The highest BCUT2D eigenvalue weighted by atomic mass is 35.5. The molecule has 0 saturated carbocycles. The van der Waals surface area contributed by atoms with Gasteiger partial charge in [0.1, 0.15) is 5.75 Å². The molecule has 1 rings (SSSR count). The van der Waals surface area contributed by atoms with E-state index in [2.05, 4.69) is 6.92 Å². The van der Waals surface area contributed by atoms with Gasteiger partial charge in [0.25, 0.3) is 5.91 Å². The number of halogens is 1. The van der Waals surface area contributed by atoms with Crippen LogP contribution in [0.25, 0.3) is 0 Å². The van der Waals surface area contributed by atoms with Crippen LogP contribution in [0.5, 0.6) is 5.75 Å². The zero-order valence-corrected chi connectivity index (χ0v) is 10.8. The molecule has 94 valence electrons. The third-order valence-electron chi connectivity index (χ3n) is 2.54. The zero-order valence-electron chi connectivity index (χ0n) is 10.0. The summed E-state index contributed by atoms with van der Waals surface area (Å²) in [6.07, 6.45) is 2.02. The Morgan fingerprint density at radius 3 is 2.47 bits per heavy atom. The average molecular weight is 256 g/mol. The van der Waals surface area contributed by atoms with Gasteiger partial charge in [-0.25, -0.2) is 0 Å². The normalized spacial score (nSPS) is 10.2. The van der Waals surface area contributed by atoms with E-state index in [0.717, 1.165) is 19.4 Å². The minimum absolute atomic E-state index is 0.0286. The molecule has 0 aliphatic heterocycles. The van der Waals surface area contributed by atoms with E-state index in [1.807, 2.05) is 0 Å². The lowest BCUT2D eigenvalue weighted by Crippen LogP contribution is -2.33. The zero-order chi connectivity index (χ0) is 12.7. The Morgan fingerprint density at radius 1 is 1.29 bits per heavy atom. The van der Waals surface area contributed by atoms with Crippen molar-refractivity contribution < 1.29 is 9.90 Å². The molecular formula is C13H18ClNO2. The Balaban J connectivity index is 2.72. The van der Waals surface area contributed by atoms with Gasteiger partial charge in [0, 0.05) is 24.5 Å². The molecule has 0 unspecified atom stereocenters. The van der Waals surface area contributed by atoms with E-state index in [4.69, 9.17) is 11.6 Å². The van der Waals surface area contributed by atoms with Crippen LogP contribution in [-0.4, -0.2) is 34.9 Å². The van der Waals surface area contributed by atoms with E-state index in [9.17, 15) is 9.90 Å². The lowest BCUT2D eigenvalue weighted by atomic mass is 10.2. The molecule has 1 amide bonds. The molecule has 0 aliphatic rings. The van der Waals surface area contributed by atoms with E-state index in [0.29, 0.717) is 18.0 Å². The van der Waals surface area contributed by atoms with Crippen LogP contribution in [0, 0.1) is 0 Å². The number of carbonyl (C=O) groups is 1. The molecule has 0 aliphatic carbocycles. The fraction of sp³-hybridized carbons (Fsp3) is 0.462. The summed E-state index contributed by atoms with van der Waals surface area (Å²) in [7, 11) is 0. The van der Waals surface area contributed by atoms with Crippen LogP contribution < -0.4 is 0 Å². The number of phenols is 1. The molecule has 4 heteroatoms. The van der Waals surface area contributed by atoms with Crippen LogP contribution in [0.15, 0.2) is 24.3 Å². The van der Waals surface area contributed by atoms with E-state index in [-0.39, 0.29) is 11.7 Å². The molecule has 0 heterocycles. The van der Waals surface area contributed by atoms with E-state index in [1.165, 1.54) is 12.1 Å². The van der Waals surface area contributed by atoms with E-state index < -0.39 is 0 Å². The molecule has 1 aromatic rings. The second kappa shape index (κ2) is 7.17. The van der Waals surface area contributed by atoms with Crippen LogP contribution in [0.3, 0.4) is 0 Å². The number of unbranched alkanes of at least 4 members (excludes halogenated alkanes) is 1. The molecule has 0 aromatic heterocycles. The van der Waals surface area contributed by atoms with Crippen molar-refractivity contribution in [3.63, 3.8) is 0 Å². The van der Waals surface area contributed by atoms with Crippen LogP contribution >= 0.6 is 11.6 Å². The summed E-state index contributed by atoms with van der Waals surface area (Å²) in [6, 6.07) is 6.30. The lowest BCUT2D eigenvalue weighted by molar-refractivity contribution is 0.0763. The number of hydrogen-bond acceptors (Lipinski definition) is 2. The van der Waals surface area contributed by atoms with Crippen molar-refractivity contribution in [2.75, 3.05) is 19.0 Å². The average Bonchev–Trinajstić information content (AvgIpc) is 2.34. The Labute approximate surface area is 107 Å². The van der Waals surface area contributed by atoms with Crippen LogP contribution in [0.2, 0.25) is 0 Å². The molecule has 0 atom stereocenters. The van der Waals surface area contributed by atoms with Gasteiger partial charge in [-0.15, -0.1) is 11.6 Å². The smallest absolute Gasteiger partial charge is 0.253 e. The van der Waals surface area contributed by atoms with Gasteiger partial charge >= 0.3 is 0 Å². The maximum absolute atomic E-state index is 12.1. The standard InChI is InChI=1S/C13H18ClNO2/c1-2-3-9-15(10-8-14)13(17)11-4-6-12(16)7-5-11/h4-7,16H,2-3,8-10H2,1H3. The van der Waals surface area contributed by atoms with Gasteiger partial charge in [-0.1, -0.05) is 13.3 Å². The Bertz CT molecular complexity index is 351. The minimum atomic E-state index is -0.0286. The molecular weight excluding hydrogens is 238 g/mol. The quantitative estimate of drug-likeness (QED) is 0.794. The highest BCUT2D eigenvalue weighted by Crippen LogP contribution is 2.12. The molecule has 1 aromatic carbocycles. The second-order valence-electron chi connectivity index (χ2n) is 3.88. The first kappa shape index (κ1) is 13.8. The molecule has 3 nitrogen and oxygen atoms in total. The molecule has 0 radical (unpaired) electrons. The van der Waals surface area contributed by atoms with Gasteiger partial charge in [-0.2, -0.15) is 0 Å². The number of carbonyl (C=O) groups excluding carboxylic acids is 1. The van der Waals surface area contributed by atoms with Crippen molar-refractivity contribution in [1.29, 1.82) is 0 Å². The summed E-state index contributed by atoms with van der Waals surface area (Å²) in [5.41, 5.74) is 0.587. The van der Waals surface area contributed by atoms with Gasteiger partial charge < -0.3 is 10.0 Å². The van der Waals surface area contributed by atoms with Gasteiger partial charge in [-0.05, 0) is 30.7 Å². The Kier molecular flexibility index (Phi) is 5.84. The van der Waals surface area contributed by atoms with E-state index in [1.54, 1.807) is 17.0 Å². The Morgan fingerprint density at radius 2 is 1.94 bits per heavy atom. The van der Waals surface area contributed by atoms with Crippen LogP contribution in [0.4, 0.5) is 0 Å². The summed E-state index contributed by atoms with van der Waals surface area (Å²) in [5.74, 6) is 0.575. The van der Waals surface area contributed by atoms with Gasteiger partial charge in [0.15, 0.2) is 0 Å². The highest BCUT2D eigenvalue weighted by Gasteiger charge is 2.14. The number of benzene rings is 1. The topological polar surface area (TPSA) is 40.5 Å². The monoisotopic (exact) mass is 255 g/mol. The van der Waals surface area contributed by atoms with Crippen molar-refractivity contribution in [2.45, 2.75) is 19.8 Å². The molecule has 0 fully saturated rings. The summed E-state index contributed by atoms with van der Waals surface area (Å²) < 4.78 is 0. The first-order valence-electron chi connectivity index (χ1n) is 5.83. The number of alkyl halides is 1. The number of amides is 1. The predicted octanol–water partition coefficient (Wildman–Crippen LogP) is 2.87. The minimum Gasteiger partial charge on any atom is -0.508 e. The molecule has 0 saturated heterocycles. The first-order valence-corrected chi connectivity index (χ1v) is 6.36. The Hall–Kier alpha value is -1.22. The fourth-order valence-corrected chi connectivity index (χ4v) is 1.76. The lowest BCUT2D eigenvalue weighted by Gasteiger charge is -2.21. The van der Waals surface area contributed by atoms with Gasteiger partial charge in [0.05, 0.1) is 0 Å². The number of nitrogens with zero attached hydrogens (tertiary/aromatic N) is 1. The predicted molar refractivity (Wildman–Crippen MR) is 69.6 cm³/mol. The third kappa shape index (κ3) is 4.27. The third-order valence-corrected chi connectivity index (χ3v) is 2.71. The summed E-state index contributed by atoms with van der Waals surface area (Å²) in [6.45, 7) is 3.37. The second-order valence-corrected chi connectivity index (χ2v) is 4.26. The maximum atomic E-state index is 12.1. The fourth-order valence-electron chi connectivity index (χ4n) is 1.55. The first-order chi connectivity index (χ1) is 8.19. The summed E-state index contributed by atoms with van der Waals surface area (Å²) in [5, 5.41) is 9.18. The SMILES string of the molecule is CCCCN(CCCl)C(=O)c1ccc(O)cc1. The number of hydrogen-bond donors (Lipinski definition) is 1. The molecule has 0 bridgehead atoms. The number of phenolic OH excluding ortho intramolecular Hbond substituents is 1. The molecule has 17 heavy (non-hydrogen) atoms. The van der Waals surface area contributed by atoms with Crippen molar-refractivity contribution in [3.8, 4) is 5.75 Å². The van der Waals surface area contributed by atoms with Crippen LogP contribution in [0.1, 0.15) is 30.1 Å². The van der Waals surface area contributed by atoms with Gasteiger partial charge in [-0.3, -0.25) is 4.79 Å².